The van der Waals surface area contributed by atoms with Crippen LogP contribution in [0.3, 0.4) is 0 Å². The number of nitrogens with one attached hydrogen (secondary N) is 1. The molecule has 20 heavy (non-hydrogen) atoms. The maximum Gasteiger partial charge on any atom is 0.00448 e. The fourth-order valence-electron chi connectivity index (χ4n) is 3.37. The second-order valence-electron chi connectivity index (χ2n) is 8.40. The molecule has 0 aliphatic carbocycles. The van der Waals surface area contributed by atoms with E-state index in [0.717, 1.165) is 30.8 Å². The third-order valence-corrected chi connectivity index (χ3v) is 4.62. The summed E-state index contributed by atoms with van der Waals surface area (Å²) < 4.78 is 0. The van der Waals surface area contributed by atoms with Crippen molar-refractivity contribution in [2.45, 2.75) is 60.8 Å². The van der Waals surface area contributed by atoms with Gasteiger partial charge >= 0.3 is 0 Å². The molecule has 1 unspecified atom stereocenters. The predicted octanol–water partition coefficient (Wildman–Crippen LogP) is 4.02. The summed E-state index contributed by atoms with van der Waals surface area (Å²) in [7, 11) is 0. The van der Waals surface area contributed by atoms with Crippen LogP contribution in [0.1, 0.15) is 60.8 Å². The van der Waals surface area contributed by atoms with Gasteiger partial charge in [0.2, 0.25) is 0 Å². The molecule has 1 N–H and O–H groups in total. The molecule has 1 heterocycles. The van der Waals surface area contributed by atoms with Crippen molar-refractivity contribution in [3.8, 4) is 0 Å². The van der Waals surface area contributed by atoms with Gasteiger partial charge in [-0.15, -0.1) is 0 Å². The van der Waals surface area contributed by atoms with Crippen molar-refractivity contribution in [1.82, 2.24) is 10.2 Å². The monoisotopic (exact) mass is 282 g/mol. The summed E-state index contributed by atoms with van der Waals surface area (Å²) in [5, 5.41) is 3.63. The Balaban J connectivity index is 2.35. The highest BCUT2D eigenvalue weighted by Crippen LogP contribution is 2.26. The first-order valence-corrected chi connectivity index (χ1v) is 8.73. The van der Waals surface area contributed by atoms with Crippen LogP contribution >= 0.6 is 0 Å². The summed E-state index contributed by atoms with van der Waals surface area (Å²) in [6.45, 7) is 20.3. The minimum atomic E-state index is 0.382. The molecule has 0 amide bonds. The highest BCUT2D eigenvalue weighted by molar-refractivity contribution is 4.79. The standard InChI is InChI=1S/C18H38N2/c1-15(2)12-19-13-18(5,6)14-20-10-7-8-17(9-11-20)16(3)4/h15-17,19H,7-14H2,1-6H3. The van der Waals surface area contributed by atoms with E-state index in [2.05, 4.69) is 51.8 Å². The number of hydrogen-bond donors (Lipinski definition) is 1. The average Bonchev–Trinajstić information content (AvgIpc) is 2.53. The van der Waals surface area contributed by atoms with Gasteiger partial charge in [-0.1, -0.05) is 41.5 Å². The average molecular weight is 283 g/mol. The number of nitrogens with zero attached hydrogens (tertiary/aromatic N) is 1. The van der Waals surface area contributed by atoms with E-state index >= 15 is 0 Å². The van der Waals surface area contributed by atoms with E-state index in [9.17, 15) is 0 Å². The molecule has 1 saturated heterocycles. The molecule has 1 atom stereocenters. The van der Waals surface area contributed by atoms with Crippen LogP contribution in [0.15, 0.2) is 0 Å². The van der Waals surface area contributed by atoms with Crippen molar-refractivity contribution >= 4 is 0 Å². The van der Waals surface area contributed by atoms with Gasteiger partial charge in [-0.05, 0) is 62.1 Å². The fourth-order valence-corrected chi connectivity index (χ4v) is 3.37. The zero-order valence-electron chi connectivity index (χ0n) is 14.8. The normalized spacial score (nSPS) is 22.5. The molecule has 0 aromatic heterocycles. The smallest absolute Gasteiger partial charge is 0.00448 e. The molecule has 1 aliphatic rings. The molecule has 2 nitrogen and oxygen atoms in total. The molecule has 0 saturated carbocycles. The van der Waals surface area contributed by atoms with Crippen molar-refractivity contribution in [3.05, 3.63) is 0 Å². The molecular formula is C18H38N2. The Kier molecular flexibility index (Phi) is 7.53. The van der Waals surface area contributed by atoms with Gasteiger partial charge in [-0.3, -0.25) is 0 Å². The number of likely N-dealkylation sites (tertiary alicyclic amines) is 1. The van der Waals surface area contributed by atoms with Gasteiger partial charge in [0.1, 0.15) is 0 Å². The third-order valence-electron chi connectivity index (χ3n) is 4.62. The molecule has 0 bridgehead atoms. The summed E-state index contributed by atoms with van der Waals surface area (Å²) in [6, 6.07) is 0. The second kappa shape index (κ2) is 8.38. The lowest BCUT2D eigenvalue weighted by Crippen LogP contribution is -2.41. The SMILES string of the molecule is CC(C)CNCC(C)(C)CN1CCCC(C(C)C)CC1. The highest BCUT2D eigenvalue weighted by atomic mass is 15.1. The first-order chi connectivity index (χ1) is 9.30. The lowest BCUT2D eigenvalue weighted by atomic mass is 9.89. The largest absolute Gasteiger partial charge is 0.316 e. The molecule has 0 radical (unpaired) electrons. The van der Waals surface area contributed by atoms with Crippen LogP contribution in [-0.4, -0.2) is 37.6 Å². The van der Waals surface area contributed by atoms with Crippen molar-refractivity contribution < 1.29 is 0 Å². The lowest BCUT2D eigenvalue weighted by molar-refractivity contribution is 0.175. The summed E-state index contributed by atoms with van der Waals surface area (Å²) in [6.07, 6.45) is 4.21. The van der Waals surface area contributed by atoms with Gasteiger partial charge in [0.25, 0.3) is 0 Å². The molecule has 1 rings (SSSR count). The van der Waals surface area contributed by atoms with E-state index in [4.69, 9.17) is 0 Å². The van der Waals surface area contributed by atoms with Crippen LogP contribution in [0.5, 0.6) is 0 Å². The van der Waals surface area contributed by atoms with E-state index in [1.54, 1.807) is 0 Å². The van der Waals surface area contributed by atoms with Gasteiger partial charge in [-0.2, -0.15) is 0 Å². The van der Waals surface area contributed by atoms with E-state index in [1.165, 1.54) is 38.9 Å². The summed E-state index contributed by atoms with van der Waals surface area (Å²) in [5.74, 6) is 2.55. The van der Waals surface area contributed by atoms with E-state index in [0.29, 0.717) is 5.41 Å². The van der Waals surface area contributed by atoms with Crippen LogP contribution in [0.4, 0.5) is 0 Å². The quantitative estimate of drug-likeness (QED) is 0.759. The minimum Gasteiger partial charge on any atom is -0.316 e. The maximum absolute atomic E-state index is 3.63. The molecule has 120 valence electrons. The van der Waals surface area contributed by atoms with Crippen LogP contribution in [-0.2, 0) is 0 Å². The fraction of sp³-hybridized carbons (Fsp3) is 1.00. The molecule has 0 spiro atoms. The van der Waals surface area contributed by atoms with E-state index < -0.39 is 0 Å². The molecule has 1 aliphatic heterocycles. The highest BCUT2D eigenvalue weighted by Gasteiger charge is 2.25. The Bertz CT molecular complexity index is 258. The first kappa shape index (κ1) is 18.0. The Labute approximate surface area is 127 Å². The van der Waals surface area contributed by atoms with Gasteiger partial charge < -0.3 is 10.2 Å². The van der Waals surface area contributed by atoms with Gasteiger partial charge in [0, 0.05) is 13.1 Å². The predicted molar refractivity (Wildman–Crippen MR) is 90.1 cm³/mol. The molecule has 2 heteroatoms. The summed E-state index contributed by atoms with van der Waals surface area (Å²) in [4.78, 5) is 2.71. The first-order valence-electron chi connectivity index (χ1n) is 8.73. The van der Waals surface area contributed by atoms with Crippen LogP contribution < -0.4 is 5.32 Å². The van der Waals surface area contributed by atoms with Crippen molar-refractivity contribution in [3.63, 3.8) is 0 Å². The van der Waals surface area contributed by atoms with Crippen molar-refractivity contribution in [1.29, 1.82) is 0 Å². The Hall–Kier alpha value is -0.0800. The Morgan fingerprint density at radius 2 is 1.80 bits per heavy atom. The molecular weight excluding hydrogens is 244 g/mol. The molecule has 0 aromatic rings. The van der Waals surface area contributed by atoms with Gasteiger partial charge in [0.15, 0.2) is 0 Å². The Morgan fingerprint density at radius 3 is 2.40 bits per heavy atom. The van der Waals surface area contributed by atoms with Crippen molar-refractivity contribution in [2.75, 3.05) is 32.7 Å². The van der Waals surface area contributed by atoms with Crippen LogP contribution in [0.2, 0.25) is 0 Å². The third kappa shape index (κ3) is 7.08. The maximum atomic E-state index is 3.63. The molecule has 0 aromatic carbocycles. The van der Waals surface area contributed by atoms with Gasteiger partial charge in [0.05, 0.1) is 0 Å². The number of rotatable bonds is 7. The topological polar surface area (TPSA) is 15.3 Å². The second-order valence-corrected chi connectivity index (χ2v) is 8.40. The van der Waals surface area contributed by atoms with E-state index in [-0.39, 0.29) is 0 Å². The number of hydrogen-bond acceptors (Lipinski definition) is 2. The zero-order chi connectivity index (χ0) is 15.2. The van der Waals surface area contributed by atoms with E-state index in [1.807, 2.05) is 0 Å². The van der Waals surface area contributed by atoms with Gasteiger partial charge in [-0.25, -0.2) is 0 Å². The zero-order valence-corrected chi connectivity index (χ0v) is 14.8. The molecule has 1 fully saturated rings. The summed E-state index contributed by atoms with van der Waals surface area (Å²) >= 11 is 0. The van der Waals surface area contributed by atoms with Crippen molar-refractivity contribution in [2.24, 2.45) is 23.2 Å². The van der Waals surface area contributed by atoms with Crippen LogP contribution in [0, 0.1) is 23.2 Å². The Morgan fingerprint density at radius 1 is 1.10 bits per heavy atom. The van der Waals surface area contributed by atoms with Crippen LogP contribution in [0.25, 0.3) is 0 Å². The summed E-state index contributed by atoms with van der Waals surface area (Å²) in [5.41, 5.74) is 0.382. The minimum absolute atomic E-state index is 0.382. The lowest BCUT2D eigenvalue weighted by Gasteiger charge is -2.32.